The Labute approximate surface area is 170 Å². The lowest BCUT2D eigenvalue weighted by molar-refractivity contribution is -0.0523. The minimum atomic E-state index is -5.74. The zero-order valence-electron chi connectivity index (χ0n) is 17.3. The van der Waals surface area contributed by atoms with Crippen molar-refractivity contribution < 1.29 is 35.2 Å². The highest BCUT2D eigenvalue weighted by molar-refractivity contribution is 7.87. The summed E-state index contributed by atoms with van der Waals surface area (Å²) in [5.74, 6) is 0.286. The van der Waals surface area contributed by atoms with Gasteiger partial charge in [0.15, 0.2) is 6.79 Å². The summed E-state index contributed by atoms with van der Waals surface area (Å²) in [6.07, 6.45) is 1.74. The fourth-order valence-corrected chi connectivity index (χ4v) is 3.81. The largest absolute Gasteiger partial charge is 0.534 e. The van der Waals surface area contributed by atoms with Gasteiger partial charge < -0.3 is 13.7 Å². The molecule has 5 nitrogen and oxygen atoms in total. The summed E-state index contributed by atoms with van der Waals surface area (Å²) in [4.78, 5) is 0. The van der Waals surface area contributed by atoms with Gasteiger partial charge in [0.25, 0.3) is 0 Å². The van der Waals surface area contributed by atoms with Gasteiger partial charge in [0.1, 0.15) is 11.5 Å². The Balaban J connectivity index is 2.71. The molecule has 0 N–H and O–H groups in total. The Hall–Kier alpha value is -1.74. The molecule has 164 valence electrons. The normalized spacial score (nSPS) is 16.1. The smallest absolute Gasteiger partial charge is 0.467 e. The van der Waals surface area contributed by atoms with Crippen molar-refractivity contribution in [1.29, 1.82) is 0 Å². The fourth-order valence-electron chi connectivity index (χ4n) is 3.26. The van der Waals surface area contributed by atoms with Crippen molar-refractivity contribution in [1.82, 2.24) is 0 Å². The number of aryl methyl sites for hydroxylation is 1. The van der Waals surface area contributed by atoms with E-state index in [1.54, 1.807) is 6.07 Å². The van der Waals surface area contributed by atoms with E-state index < -0.39 is 15.6 Å². The summed E-state index contributed by atoms with van der Waals surface area (Å²) in [6.45, 7) is 7.79. The van der Waals surface area contributed by atoms with E-state index in [4.69, 9.17) is 9.47 Å². The van der Waals surface area contributed by atoms with E-state index in [1.807, 2.05) is 33.8 Å². The first-order chi connectivity index (χ1) is 13.3. The van der Waals surface area contributed by atoms with Crippen molar-refractivity contribution >= 4 is 15.7 Å². The quantitative estimate of drug-likeness (QED) is 0.338. The highest BCUT2D eigenvalue weighted by atomic mass is 32.2. The zero-order chi connectivity index (χ0) is 22.0. The van der Waals surface area contributed by atoms with Crippen molar-refractivity contribution in [3.05, 3.63) is 34.6 Å². The van der Waals surface area contributed by atoms with Gasteiger partial charge in [0.05, 0.1) is 0 Å². The van der Waals surface area contributed by atoms with Gasteiger partial charge in [0.2, 0.25) is 0 Å². The number of rotatable bonds is 6. The molecular weight excluding hydrogens is 409 g/mol. The molecular formula is C20H27F3O5S. The van der Waals surface area contributed by atoms with Crippen molar-refractivity contribution in [3.63, 3.8) is 0 Å². The summed E-state index contributed by atoms with van der Waals surface area (Å²) in [5.41, 5.74) is -3.12. The van der Waals surface area contributed by atoms with E-state index in [9.17, 15) is 21.6 Å². The number of halogens is 3. The molecule has 9 heteroatoms. The minimum absolute atomic E-state index is 0.0521. The van der Waals surface area contributed by atoms with E-state index in [1.165, 1.54) is 7.11 Å². The Bertz CT molecular complexity index is 881. The highest BCUT2D eigenvalue weighted by Crippen LogP contribution is 2.44. The molecule has 0 heterocycles. The van der Waals surface area contributed by atoms with Gasteiger partial charge >= 0.3 is 15.6 Å². The summed E-state index contributed by atoms with van der Waals surface area (Å²) < 4.78 is 77.3. The van der Waals surface area contributed by atoms with Crippen LogP contribution in [0.1, 0.15) is 63.1 Å². The average Bonchev–Trinajstić information content (AvgIpc) is 2.58. The second-order valence-corrected chi connectivity index (χ2v) is 9.62. The Morgan fingerprint density at radius 2 is 1.69 bits per heavy atom. The van der Waals surface area contributed by atoms with Crippen LogP contribution < -0.4 is 4.74 Å². The first kappa shape index (κ1) is 23.5. The third-order valence-corrected chi connectivity index (χ3v) is 5.59. The van der Waals surface area contributed by atoms with Gasteiger partial charge in [-0.15, -0.1) is 0 Å². The van der Waals surface area contributed by atoms with Crippen LogP contribution in [0.25, 0.3) is 5.57 Å². The van der Waals surface area contributed by atoms with E-state index in [2.05, 4.69) is 4.18 Å². The second-order valence-electron chi connectivity index (χ2n) is 8.08. The molecule has 1 aromatic rings. The monoisotopic (exact) mass is 436 g/mol. The second kappa shape index (κ2) is 8.55. The molecule has 0 saturated heterocycles. The van der Waals surface area contributed by atoms with Gasteiger partial charge in [-0.05, 0) is 43.2 Å². The molecule has 0 amide bonds. The SMILES string of the molecule is COCOc1c(C2=C(OS(=O)(=O)C(F)(F)F)CCCC2)cc(C)cc1C(C)(C)C. The molecule has 0 atom stereocenters. The van der Waals surface area contributed by atoms with Crippen molar-refractivity contribution in [2.75, 3.05) is 13.9 Å². The number of ether oxygens (including phenoxy) is 2. The lowest BCUT2D eigenvalue weighted by Crippen LogP contribution is -2.26. The summed E-state index contributed by atoms with van der Waals surface area (Å²) >= 11 is 0. The molecule has 0 saturated carbocycles. The number of hydrogen-bond acceptors (Lipinski definition) is 5. The van der Waals surface area contributed by atoms with Crippen molar-refractivity contribution in [2.24, 2.45) is 0 Å². The molecule has 0 unspecified atom stereocenters. The van der Waals surface area contributed by atoms with Gasteiger partial charge in [0, 0.05) is 30.2 Å². The zero-order valence-corrected chi connectivity index (χ0v) is 18.1. The molecule has 1 aliphatic carbocycles. The van der Waals surface area contributed by atoms with Gasteiger partial charge in [-0.2, -0.15) is 21.6 Å². The van der Waals surface area contributed by atoms with E-state index >= 15 is 0 Å². The molecule has 0 aliphatic heterocycles. The Kier molecular flexibility index (Phi) is 6.94. The van der Waals surface area contributed by atoms with Crippen LogP contribution in [0.5, 0.6) is 5.75 Å². The van der Waals surface area contributed by atoms with Crippen LogP contribution in [-0.2, 0) is 24.5 Å². The van der Waals surface area contributed by atoms with Crippen molar-refractivity contribution in [2.45, 2.75) is 64.3 Å². The maximum absolute atomic E-state index is 12.9. The predicted molar refractivity (Wildman–Crippen MR) is 104 cm³/mol. The molecule has 0 bridgehead atoms. The first-order valence-electron chi connectivity index (χ1n) is 9.28. The molecule has 0 spiro atoms. The topological polar surface area (TPSA) is 61.8 Å². The fraction of sp³-hybridized carbons (Fsp3) is 0.600. The lowest BCUT2D eigenvalue weighted by atomic mass is 9.81. The van der Waals surface area contributed by atoms with Crippen molar-refractivity contribution in [3.8, 4) is 5.75 Å². The van der Waals surface area contributed by atoms with Crippen LogP contribution in [0.2, 0.25) is 0 Å². The van der Waals surface area contributed by atoms with Crippen LogP contribution in [-0.4, -0.2) is 27.8 Å². The molecule has 1 aromatic carbocycles. The molecule has 1 aliphatic rings. The maximum Gasteiger partial charge on any atom is 0.534 e. The number of alkyl halides is 3. The standard InChI is InChI=1S/C20H27F3O5S/c1-13-10-15(18(27-12-26-5)16(11-13)19(2,3)4)14-8-6-7-9-17(14)28-29(24,25)20(21,22)23/h10-11H,6-9,12H2,1-5H3. The molecule has 2 rings (SSSR count). The van der Waals surface area contributed by atoms with Gasteiger partial charge in [-0.1, -0.05) is 26.8 Å². The van der Waals surface area contributed by atoms with Gasteiger partial charge in [-0.25, -0.2) is 0 Å². The predicted octanol–water partition coefficient (Wildman–Crippen LogP) is 5.43. The Morgan fingerprint density at radius 1 is 1.07 bits per heavy atom. The average molecular weight is 436 g/mol. The highest BCUT2D eigenvalue weighted by Gasteiger charge is 2.49. The van der Waals surface area contributed by atoms with Gasteiger partial charge in [-0.3, -0.25) is 0 Å². The van der Waals surface area contributed by atoms with Crippen LogP contribution in [0.15, 0.2) is 17.9 Å². The van der Waals surface area contributed by atoms with Crippen LogP contribution in [0, 0.1) is 6.92 Å². The minimum Gasteiger partial charge on any atom is -0.467 e. The molecule has 0 fully saturated rings. The number of hydrogen-bond donors (Lipinski definition) is 0. The first-order valence-corrected chi connectivity index (χ1v) is 10.7. The number of benzene rings is 1. The molecule has 29 heavy (non-hydrogen) atoms. The number of allylic oxidation sites excluding steroid dienone is 2. The van der Waals surface area contributed by atoms with E-state index in [0.29, 0.717) is 36.1 Å². The van der Waals surface area contributed by atoms with Crippen LogP contribution in [0.4, 0.5) is 13.2 Å². The lowest BCUT2D eigenvalue weighted by Gasteiger charge is -2.28. The third kappa shape index (κ3) is 5.45. The summed E-state index contributed by atoms with van der Waals surface area (Å²) in [7, 11) is -4.27. The van der Waals surface area contributed by atoms with E-state index in [0.717, 1.165) is 11.1 Å². The van der Waals surface area contributed by atoms with Crippen LogP contribution in [0.3, 0.4) is 0 Å². The van der Waals surface area contributed by atoms with E-state index in [-0.39, 0.29) is 24.4 Å². The molecule has 0 aromatic heterocycles. The Morgan fingerprint density at radius 3 is 2.24 bits per heavy atom. The third-order valence-electron chi connectivity index (χ3n) is 4.60. The summed E-state index contributed by atoms with van der Waals surface area (Å²) in [5, 5.41) is 0. The molecule has 0 radical (unpaired) electrons. The maximum atomic E-state index is 12.9. The number of methoxy groups -OCH3 is 1. The summed E-state index contributed by atoms with van der Waals surface area (Å²) in [6, 6.07) is 3.73. The van der Waals surface area contributed by atoms with Crippen LogP contribution >= 0.6 is 0 Å².